The Kier molecular flexibility index (Phi) is 13.8. The molecule has 208 valence electrons. The molecule has 1 atom stereocenters. The van der Waals surface area contributed by atoms with Gasteiger partial charge in [0.05, 0.1) is 30.1 Å². The van der Waals surface area contributed by atoms with Crippen LogP contribution in [0.15, 0.2) is 30.5 Å². The first-order chi connectivity index (χ1) is 18.6. The van der Waals surface area contributed by atoms with E-state index in [1.807, 2.05) is 27.7 Å². The molecule has 0 unspecified atom stereocenters. The van der Waals surface area contributed by atoms with Crippen LogP contribution in [0.4, 0.5) is 26.6 Å². The molecular formula is C29H37FKN7O2. The van der Waals surface area contributed by atoms with E-state index in [9.17, 15) is 9.18 Å². The van der Waals surface area contributed by atoms with Crippen molar-refractivity contribution in [1.29, 1.82) is 5.26 Å². The summed E-state index contributed by atoms with van der Waals surface area (Å²) in [4.78, 5) is 22.7. The minimum atomic E-state index is -0.530. The fourth-order valence-electron chi connectivity index (χ4n) is 3.67. The van der Waals surface area contributed by atoms with Crippen LogP contribution in [0.2, 0.25) is 0 Å². The standard InChI is InChI=1S/C29H37FN7O2.K/c1-20(37(5)28(38)39-29(2,3)4)18-33-25-15-22(16-25)7-10-23-19-34-27(36-26(23)32-14-6-13-30)35-24-11-8-21(17-31)9-12-24;/h8-9,11-12,19-20,22,25H,6,13-16,18H2,1-5H3,(H2,32,34,35,36);/q-1;+1/t20-,22?,25?;/m0./s1. The zero-order chi connectivity index (χ0) is 28.4. The topological polar surface area (TPSA) is 117 Å². The number of alkyl halides is 1. The quantitative estimate of drug-likeness (QED) is 0.255. The van der Waals surface area contributed by atoms with E-state index in [1.165, 1.54) is 0 Å². The Morgan fingerprint density at radius 1 is 1.30 bits per heavy atom. The van der Waals surface area contributed by atoms with Gasteiger partial charge < -0.3 is 25.6 Å². The largest absolute Gasteiger partial charge is 1.00 e. The predicted molar refractivity (Wildman–Crippen MR) is 151 cm³/mol. The first-order valence-electron chi connectivity index (χ1n) is 13.2. The molecule has 0 radical (unpaired) electrons. The van der Waals surface area contributed by atoms with Gasteiger partial charge in [-0.1, -0.05) is 24.7 Å². The summed E-state index contributed by atoms with van der Waals surface area (Å²) in [5.41, 5.74) is 1.43. The zero-order valence-corrected chi connectivity index (χ0v) is 27.4. The van der Waals surface area contributed by atoms with E-state index >= 15 is 0 Å². The Morgan fingerprint density at radius 2 is 2.00 bits per heavy atom. The number of carbonyl (C=O) groups is 1. The number of hydrogen-bond donors (Lipinski definition) is 2. The molecule has 2 aromatic rings. The molecule has 0 bridgehead atoms. The van der Waals surface area contributed by atoms with Gasteiger partial charge in [0.2, 0.25) is 5.95 Å². The number of amides is 1. The maximum atomic E-state index is 12.7. The van der Waals surface area contributed by atoms with Gasteiger partial charge >= 0.3 is 57.5 Å². The van der Waals surface area contributed by atoms with Gasteiger partial charge in [-0.05, 0) is 58.4 Å². The molecule has 1 aromatic carbocycles. The Labute approximate surface area is 279 Å². The third-order valence-corrected chi connectivity index (χ3v) is 6.16. The molecule has 0 spiro atoms. The Morgan fingerprint density at radius 3 is 2.62 bits per heavy atom. The van der Waals surface area contributed by atoms with Gasteiger partial charge in [-0.25, -0.2) is 9.78 Å². The maximum absolute atomic E-state index is 12.7. The maximum Gasteiger partial charge on any atom is 1.00 e. The smallest absolute Gasteiger partial charge is 0.658 e. The zero-order valence-electron chi connectivity index (χ0n) is 24.3. The Balaban J connectivity index is 0.00000560. The second-order valence-electron chi connectivity index (χ2n) is 10.6. The Hall–Kier alpha value is -2.25. The van der Waals surface area contributed by atoms with E-state index in [0.717, 1.165) is 18.5 Å². The third kappa shape index (κ3) is 11.0. The number of nitrogens with zero attached hydrogens (tertiary/aromatic N) is 5. The van der Waals surface area contributed by atoms with Crippen LogP contribution < -0.4 is 62.0 Å². The number of halogens is 1. The van der Waals surface area contributed by atoms with Gasteiger partial charge in [0.15, 0.2) is 0 Å². The summed E-state index contributed by atoms with van der Waals surface area (Å²) in [6.45, 7) is 8.06. The summed E-state index contributed by atoms with van der Waals surface area (Å²) in [6.07, 6.45) is 3.39. The SMILES string of the molecule is C[C@@H](C[N-]C1CC(C#Cc2cnc(Nc3ccc(C#N)cc3)nc2NCCCF)C1)N(C)C(=O)OC(C)(C)C.[K+]. The van der Waals surface area contributed by atoms with Crippen molar-refractivity contribution in [3.05, 3.63) is 46.9 Å². The summed E-state index contributed by atoms with van der Waals surface area (Å²) < 4.78 is 18.1. The van der Waals surface area contributed by atoms with Crippen molar-refractivity contribution in [1.82, 2.24) is 14.9 Å². The number of nitrogens with one attached hydrogen (secondary N) is 2. The minimum absolute atomic E-state index is 0. The van der Waals surface area contributed by atoms with Crippen LogP contribution in [0.3, 0.4) is 0 Å². The Bertz CT molecular complexity index is 1210. The molecule has 0 saturated heterocycles. The first-order valence-corrected chi connectivity index (χ1v) is 13.2. The van der Waals surface area contributed by atoms with Gasteiger partial charge in [0.1, 0.15) is 11.4 Å². The van der Waals surface area contributed by atoms with Gasteiger partial charge in [0, 0.05) is 31.2 Å². The fourth-order valence-corrected chi connectivity index (χ4v) is 3.67. The van der Waals surface area contributed by atoms with E-state index in [2.05, 4.69) is 38.5 Å². The minimum Gasteiger partial charge on any atom is -0.658 e. The van der Waals surface area contributed by atoms with Crippen molar-refractivity contribution in [2.45, 2.75) is 64.6 Å². The van der Waals surface area contributed by atoms with E-state index in [4.69, 9.17) is 15.3 Å². The predicted octanol–water partition coefficient (Wildman–Crippen LogP) is 2.63. The van der Waals surface area contributed by atoms with Crippen LogP contribution >= 0.6 is 0 Å². The molecule has 1 saturated carbocycles. The molecule has 1 aliphatic carbocycles. The molecule has 1 fully saturated rings. The van der Waals surface area contributed by atoms with Crippen LogP contribution in [0, 0.1) is 29.1 Å². The second-order valence-corrected chi connectivity index (χ2v) is 10.6. The fraction of sp³-hybridized carbons (Fsp3) is 0.517. The van der Waals surface area contributed by atoms with Crippen molar-refractivity contribution in [2.24, 2.45) is 5.92 Å². The van der Waals surface area contributed by atoms with E-state index in [-0.39, 0.29) is 75.5 Å². The number of nitriles is 1. The van der Waals surface area contributed by atoms with Gasteiger partial charge in [0.25, 0.3) is 0 Å². The van der Waals surface area contributed by atoms with Crippen molar-refractivity contribution >= 4 is 23.5 Å². The van der Waals surface area contributed by atoms with Crippen LogP contribution in [0.5, 0.6) is 0 Å². The third-order valence-electron chi connectivity index (χ3n) is 6.16. The molecule has 1 amide bonds. The van der Waals surface area contributed by atoms with Crippen molar-refractivity contribution in [2.75, 3.05) is 37.4 Å². The van der Waals surface area contributed by atoms with Gasteiger partial charge in [-0.3, -0.25) is 4.39 Å². The number of likely N-dealkylation sites (N-methyl/N-ethyl adjacent to an activating group) is 1. The van der Waals surface area contributed by atoms with Crippen LogP contribution in [-0.2, 0) is 4.74 Å². The van der Waals surface area contributed by atoms with Crippen LogP contribution in [0.25, 0.3) is 5.32 Å². The number of ether oxygens (including phenoxy) is 1. The van der Waals surface area contributed by atoms with Crippen molar-refractivity contribution < 1.29 is 65.3 Å². The number of benzene rings is 1. The molecule has 2 N–H and O–H groups in total. The number of anilines is 3. The number of aromatic nitrogens is 2. The summed E-state index contributed by atoms with van der Waals surface area (Å²) in [6, 6.07) is 9.22. The average Bonchev–Trinajstić information content (AvgIpc) is 2.87. The van der Waals surface area contributed by atoms with Crippen molar-refractivity contribution in [3.63, 3.8) is 0 Å². The average molecular weight is 574 g/mol. The summed E-state index contributed by atoms with van der Waals surface area (Å²) >= 11 is 0. The molecule has 1 aromatic heterocycles. The van der Waals surface area contributed by atoms with E-state index < -0.39 is 12.3 Å². The number of rotatable bonds is 10. The molecule has 0 aliphatic heterocycles. The van der Waals surface area contributed by atoms with Gasteiger partial charge in [-0.2, -0.15) is 10.2 Å². The van der Waals surface area contributed by atoms with Crippen molar-refractivity contribution in [3.8, 4) is 17.9 Å². The monoisotopic (exact) mass is 573 g/mol. The normalized spacial score (nSPS) is 16.6. The molecule has 9 nitrogen and oxygen atoms in total. The molecule has 40 heavy (non-hydrogen) atoms. The van der Waals surface area contributed by atoms with Crippen LogP contribution in [-0.4, -0.2) is 65.5 Å². The van der Waals surface area contributed by atoms with E-state index in [1.54, 1.807) is 42.4 Å². The second kappa shape index (κ2) is 16.3. The molecule has 1 heterocycles. The molecule has 11 heteroatoms. The number of carbonyl (C=O) groups excluding carboxylic acids is 1. The summed E-state index contributed by atoms with van der Waals surface area (Å²) in [5.74, 6) is 7.61. The van der Waals surface area contributed by atoms with Crippen LogP contribution in [0.1, 0.15) is 58.1 Å². The summed E-state index contributed by atoms with van der Waals surface area (Å²) in [5, 5.41) is 20.0. The van der Waals surface area contributed by atoms with Gasteiger partial charge in [-0.15, -0.1) is 12.6 Å². The van der Waals surface area contributed by atoms with E-state index in [0.29, 0.717) is 42.4 Å². The summed E-state index contributed by atoms with van der Waals surface area (Å²) in [7, 11) is 1.73. The molecular weight excluding hydrogens is 536 g/mol. The first kappa shape index (κ1) is 34.0. The molecule has 3 rings (SSSR count). The number of hydrogen-bond acceptors (Lipinski definition) is 7. The molecule has 1 aliphatic rings.